The second kappa shape index (κ2) is 9.14. The van der Waals surface area contributed by atoms with Crippen LogP contribution in [-0.2, 0) is 14.1 Å². The number of carbonyl (C=O) groups is 1. The van der Waals surface area contributed by atoms with Gasteiger partial charge in [0.1, 0.15) is 23.5 Å². The molecule has 1 amide bonds. The Kier molecular flexibility index (Phi) is 6.07. The Labute approximate surface area is 198 Å². The van der Waals surface area contributed by atoms with Crippen LogP contribution in [0.2, 0.25) is 0 Å². The monoisotopic (exact) mass is 475 g/mol. The molecule has 4 rings (SSSR count). The highest BCUT2D eigenvalue weighted by Gasteiger charge is 2.31. The Morgan fingerprint density at radius 2 is 2.03 bits per heavy atom. The number of aryl methyl sites for hydroxylation is 1. The summed E-state index contributed by atoms with van der Waals surface area (Å²) in [6, 6.07) is 6.54. The number of aromatic hydroxyl groups is 2. The predicted octanol–water partition coefficient (Wildman–Crippen LogP) is 1.97. The summed E-state index contributed by atoms with van der Waals surface area (Å²) in [5.41, 5.74) is 0.478. The standard InChI is InChI=1S/C23H21N7O5/c1-12(18(14-8-25-29(2)10-14)17-5-4-16(31)6-13(17)7-24)21-28-19(20(32)23(34)30(21)3)22(33)27-15-9-26-35-11-15/h4-6,8-12,18,31-32H,1-3H3,(H,27,33)/t12-,18-/m0/s1. The second-order valence-electron chi connectivity index (χ2n) is 8.00. The molecule has 35 heavy (non-hydrogen) atoms. The molecule has 2 atom stereocenters. The topological polar surface area (TPSA) is 172 Å². The van der Waals surface area contributed by atoms with E-state index in [1.807, 2.05) is 0 Å². The molecule has 178 valence electrons. The lowest BCUT2D eigenvalue weighted by Gasteiger charge is -2.26. The zero-order valence-corrected chi connectivity index (χ0v) is 19.0. The van der Waals surface area contributed by atoms with Crippen LogP contribution in [0.5, 0.6) is 11.5 Å². The van der Waals surface area contributed by atoms with Crippen molar-refractivity contribution < 1.29 is 19.5 Å². The van der Waals surface area contributed by atoms with E-state index < -0.39 is 34.7 Å². The quantitative estimate of drug-likeness (QED) is 0.377. The van der Waals surface area contributed by atoms with Gasteiger partial charge in [0, 0.05) is 32.1 Å². The summed E-state index contributed by atoms with van der Waals surface area (Å²) in [7, 11) is 3.18. The van der Waals surface area contributed by atoms with Crippen molar-refractivity contribution in [2.45, 2.75) is 18.8 Å². The van der Waals surface area contributed by atoms with Gasteiger partial charge in [-0.25, -0.2) is 4.98 Å². The second-order valence-corrected chi connectivity index (χ2v) is 8.00. The van der Waals surface area contributed by atoms with Crippen LogP contribution < -0.4 is 10.9 Å². The molecule has 3 aromatic heterocycles. The van der Waals surface area contributed by atoms with Crippen molar-refractivity contribution in [1.82, 2.24) is 24.5 Å². The van der Waals surface area contributed by atoms with Crippen molar-refractivity contribution in [1.29, 1.82) is 5.26 Å². The van der Waals surface area contributed by atoms with Gasteiger partial charge in [0.25, 0.3) is 11.5 Å². The molecule has 0 aliphatic rings. The van der Waals surface area contributed by atoms with Gasteiger partial charge >= 0.3 is 0 Å². The largest absolute Gasteiger partial charge is 0.508 e. The Morgan fingerprint density at radius 3 is 2.66 bits per heavy atom. The molecule has 0 aliphatic heterocycles. The lowest BCUT2D eigenvalue weighted by atomic mass is 9.80. The van der Waals surface area contributed by atoms with Crippen molar-refractivity contribution in [3.05, 3.63) is 81.6 Å². The highest BCUT2D eigenvalue weighted by molar-refractivity contribution is 6.04. The Hall–Kier alpha value is -4.92. The van der Waals surface area contributed by atoms with E-state index in [1.165, 1.54) is 31.6 Å². The molecule has 0 saturated heterocycles. The number of phenols is 1. The van der Waals surface area contributed by atoms with Crippen molar-refractivity contribution >= 4 is 11.6 Å². The highest BCUT2D eigenvalue weighted by atomic mass is 16.5. The van der Waals surface area contributed by atoms with Crippen LogP contribution in [0, 0.1) is 11.3 Å². The average molecular weight is 475 g/mol. The summed E-state index contributed by atoms with van der Waals surface area (Å²) in [5.74, 6) is -2.61. The average Bonchev–Trinajstić information content (AvgIpc) is 3.50. The lowest BCUT2D eigenvalue weighted by Crippen LogP contribution is -2.29. The van der Waals surface area contributed by atoms with Crippen LogP contribution in [0.1, 0.15) is 51.8 Å². The summed E-state index contributed by atoms with van der Waals surface area (Å²) in [6.07, 6.45) is 5.85. The number of carbonyl (C=O) groups excluding carboxylic acids is 1. The first-order valence-corrected chi connectivity index (χ1v) is 10.4. The van der Waals surface area contributed by atoms with Crippen LogP contribution in [-0.4, -0.2) is 40.6 Å². The van der Waals surface area contributed by atoms with Gasteiger partial charge in [0.05, 0.1) is 24.0 Å². The number of hydrogen-bond acceptors (Lipinski definition) is 9. The smallest absolute Gasteiger partial charge is 0.296 e. The molecule has 3 N–H and O–H groups in total. The Bertz CT molecular complexity index is 1500. The molecule has 0 radical (unpaired) electrons. The zero-order chi connectivity index (χ0) is 25.3. The summed E-state index contributed by atoms with van der Waals surface area (Å²) in [5, 5.41) is 40.2. The molecule has 3 heterocycles. The third-order valence-electron chi connectivity index (χ3n) is 5.69. The first kappa shape index (κ1) is 23.2. The summed E-state index contributed by atoms with van der Waals surface area (Å²) < 4.78 is 7.44. The van der Waals surface area contributed by atoms with Crippen LogP contribution in [0.4, 0.5) is 5.69 Å². The minimum atomic E-state index is -0.822. The molecular formula is C23H21N7O5. The highest BCUT2D eigenvalue weighted by Crippen LogP contribution is 2.39. The normalized spacial score (nSPS) is 12.6. The number of nitriles is 1. The number of phenolic OH excluding ortho intramolecular Hbond substituents is 1. The zero-order valence-electron chi connectivity index (χ0n) is 19.0. The number of benzene rings is 1. The number of amides is 1. The van der Waals surface area contributed by atoms with Crippen molar-refractivity contribution in [2.75, 3.05) is 5.32 Å². The Balaban J connectivity index is 1.86. The van der Waals surface area contributed by atoms with Gasteiger partial charge in [-0.3, -0.25) is 18.8 Å². The van der Waals surface area contributed by atoms with Crippen molar-refractivity contribution in [3.63, 3.8) is 0 Å². The summed E-state index contributed by atoms with van der Waals surface area (Å²) >= 11 is 0. The maximum atomic E-state index is 12.8. The van der Waals surface area contributed by atoms with Crippen LogP contribution in [0.25, 0.3) is 0 Å². The van der Waals surface area contributed by atoms with Crippen LogP contribution in [0.15, 0.2) is 52.4 Å². The van der Waals surface area contributed by atoms with E-state index in [0.29, 0.717) is 5.56 Å². The van der Waals surface area contributed by atoms with Gasteiger partial charge in [-0.15, -0.1) is 0 Å². The molecule has 12 nitrogen and oxygen atoms in total. The minimum absolute atomic E-state index is 0.0641. The van der Waals surface area contributed by atoms with Gasteiger partial charge in [0.15, 0.2) is 5.69 Å². The third-order valence-corrected chi connectivity index (χ3v) is 5.69. The molecule has 0 spiro atoms. The first-order chi connectivity index (χ1) is 16.7. The Morgan fingerprint density at radius 1 is 1.26 bits per heavy atom. The fourth-order valence-corrected chi connectivity index (χ4v) is 4.03. The first-order valence-electron chi connectivity index (χ1n) is 10.4. The summed E-state index contributed by atoms with van der Waals surface area (Å²) in [4.78, 5) is 30.0. The predicted molar refractivity (Wildman–Crippen MR) is 122 cm³/mol. The number of anilines is 1. The van der Waals surface area contributed by atoms with E-state index in [0.717, 1.165) is 10.1 Å². The molecule has 4 aromatic rings. The maximum absolute atomic E-state index is 12.8. The van der Waals surface area contributed by atoms with E-state index in [9.17, 15) is 25.1 Å². The number of nitrogens with zero attached hydrogens (tertiary/aromatic N) is 6. The van der Waals surface area contributed by atoms with E-state index >= 15 is 0 Å². The number of rotatable bonds is 6. The molecule has 0 unspecified atom stereocenters. The summed E-state index contributed by atoms with van der Waals surface area (Å²) in [6.45, 7) is 1.78. The molecular weight excluding hydrogens is 454 g/mol. The van der Waals surface area contributed by atoms with Crippen molar-refractivity contribution in [3.8, 4) is 17.6 Å². The molecule has 12 heteroatoms. The van der Waals surface area contributed by atoms with Crippen LogP contribution >= 0.6 is 0 Å². The minimum Gasteiger partial charge on any atom is -0.508 e. The fraction of sp³-hybridized carbons (Fsp3) is 0.217. The van der Waals surface area contributed by atoms with Crippen molar-refractivity contribution in [2.24, 2.45) is 14.1 Å². The van der Waals surface area contributed by atoms with E-state index in [1.54, 1.807) is 37.1 Å². The third kappa shape index (κ3) is 4.34. The van der Waals surface area contributed by atoms with Gasteiger partial charge in [0.2, 0.25) is 5.75 Å². The maximum Gasteiger partial charge on any atom is 0.296 e. The fourth-order valence-electron chi connectivity index (χ4n) is 4.03. The van der Waals surface area contributed by atoms with Crippen LogP contribution in [0.3, 0.4) is 0 Å². The number of nitrogens with one attached hydrogen (secondary N) is 1. The van der Waals surface area contributed by atoms with Gasteiger partial charge in [-0.05, 0) is 23.3 Å². The lowest BCUT2D eigenvalue weighted by molar-refractivity contribution is 0.101. The number of aromatic nitrogens is 5. The van der Waals surface area contributed by atoms with E-state index in [2.05, 4.69) is 31.1 Å². The van der Waals surface area contributed by atoms with Gasteiger partial charge in [-0.2, -0.15) is 10.4 Å². The molecule has 0 aliphatic carbocycles. The molecule has 0 saturated carbocycles. The molecule has 0 bridgehead atoms. The van der Waals surface area contributed by atoms with Gasteiger partial charge < -0.3 is 20.1 Å². The SMILES string of the molecule is C[C@H](c1nc(C(=O)Nc2cnoc2)c(O)c(=O)n1C)[C@@H](c1cnn(C)c1)c1ccc(O)cc1C#N. The number of hydrogen-bond donors (Lipinski definition) is 3. The molecule has 1 aromatic carbocycles. The van der Waals surface area contributed by atoms with E-state index in [4.69, 9.17) is 0 Å². The molecule has 0 fully saturated rings. The van der Waals surface area contributed by atoms with Gasteiger partial charge in [-0.1, -0.05) is 18.1 Å². The van der Waals surface area contributed by atoms with E-state index in [-0.39, 0.29) is 22.8 Å².